The first-order chi connectivity index (χ1) is 7.00. The molecular weight excluding hydrogens is 188 g/mol. The van der Waals surface area contributed by atoms with Crippen molar-refractivity contribution in [3.63, 3.8) is 0 Å². The van der Waals surface area contributed by atoms with Gasteiger partial charge in [0.25, 0.3) is 0 Å². The fraction of sp³-hybridized carbons (Fsp3) is 0.750. The van der Waals surface area contributed by atoms with Gasteiger partial charge in [0.1, 0.15) is 0 Å². The van der Waals surface area contributed by atoms with Gasteiger partial charge in [-0.05, 0) is 53.5 Å². The lowest BCUT2D eigenvalue weighted by Crippen LogP contribution is -2.43. The van der Waals surface area contributed by atoms with Crippen molar-refractivity contribution >= 4 is 5.78 Å². The van der Waals surface area contributed by atoms with Gasteiger partial charge in [-0.15, -0.1) is 0 Å². The standard InChI is InChI=1S/C12H22N2O/c1-10(2)8-12(15)11-9-13(3)6-5-7-14(11)4/h8,11H,5-7,9H2,1-4H3. The van der Waals surface area contributed by atoms with Crippen LogP contribution < -0.4 is 0 Å². The Morgan fingerprint density at radius 3 is 2.53 bits per heavy atom. The maximum absolute atomic E-state index is 12.0. The minimum Gasteiger partial charge on any atom is -0.304 e. The van der Waals surface area contributed by atoms with E-state index in [9.17, 15) is 4.79 Å². The maximum atomic E-state index is 12.0. The number of carbonyl (C=O) groups excluding carboxylic acids is 1. The molecule has 0 bridgehead atoms. The zero-order valence-electron chi connectivity index (χ0n) is 10.3. The molecule has 1 rings (SSSR count). The number of hydrogen-bond acceptors (Lipinski definition) is 3. The number of allylic oxidation sites excluding steroid dienone is 1. The van der Waals surface area contributed by atoms with E-state index in [4.69, 9.17) is 0 Å². The van der Waals surface area contributed by atoms with Crippen LogP contribution in [0.1, 0.15) is 20.3 Å². The maximum Gasteiger partial charge on any atom is 0.174 e. The molecule has 0 aliphatic carbocycles. The predicted octanol–water partition coefficient (Wildman–Crippen LogP) is 1.16. The molecule has 1 aliphatic heterocycles. The van der Waals surface area contributed by atoms with Crippen LogP contribution >= 0.6 is 0 Å². The highest BCUT2D eigenvalue weighted by Gasteiger charge is 2.25. The van der Waals surface area contributed by atoms with Crippen molar-refractivity contribution in [3.8, 4) is 0 Å². The fourth-order valence-corrected chi connectivity index (χ4v) is 1.96. The largest absolute Gasteiger partial charge is 0.304 e. The van der Waals surface area contributed by atoms with Crippen molar-refractivity contribution in [2.45, 2.75) is 26.3 Å². The molecule has 0 spiro atoms. The summed E-state index contributed by atoms with van der Waals surface area (Å²) in [5, 5.41) is 0. The summed E-state index contributed by atoms with van der Waals surface area (Å²) in [6, 6.07) is 0.0346. The molecule has 0 saturated carbocycles. The summed E-state index contributed by atoms with van der Waals surface area (Å²) in [6.07, 6.45) is 2.91. The molecule has 86 valence electrons. The third kappa shape index (κ3) is 3.76. The van der Waals surface area contributed by atoms with Gasteiger partial charge in [-0.2, -0.15) is 0 Å². The SMILES string of the molecule is CC(C)=CC(=O)C1CN(C)CCCN1C. The lowest BCUT2D eigenvalue weighted by Gasteiger charge is -2.25. The van der Waals surface area contributed by atoms with Crippen molar-refractivity contribution in [1.82, 2.24) is 9.80 Å². The Hall–Kier alpha value is -0.670. The minimum atomic E-state index is 0.0346. The number of rotatable bonds is 2. The molecule has 1 saturated heterocycles. The molecule has 0 amide bonds. The molecule has 1 aliphatic rings. The van der Waals surface area contributed by atoms with Crippen LogP contribution in [0, 0.1) is 0 Å². The Kier molecular flexibility index (Phi) is 4.48. The summed E-state index contributed by atoms with van der Waals surface area (Å²) in [4.78, 5) is 16.4. The summed E-state index contributed by atoms with van der Waals surface area (Å²) in [5.41, 5.74) is 1.08. The topological polar surface area (TPSA) is 23.6 Å². The summed E-state index contributed by atoms with van der Waals surface area (Å²) in [5.74, 6) is 0.242. The molecule has 1 heterocycles. The molecule has 0 N–H and O–H groups in total. The molecule has 15 heavy (non-hydrogen) atoms. The van der Waals surface area contributed by atoms with E-state index in [1.54, 1.807) is 6.08 Å². The van der Waals surface area contributed by atoms with Crippen molar-refractivity contribution in [3.05, 3.63) is 11.6 Å². The Bertz CT molecular complexity index is 256. The zero-order valence-corrected chi connectivity index (χ0v) is 10.3. The normalized spacial score (nSPS) is 24.7. The third-order valence-electron chi connectivity index (χ3n) is 2.83. The molecule has 0 radical (unpaired) electrons. The van der Waals surface area contributed by atoms with Crippen LogP contribution in [0.15, 0.2) is 11.6 Å². The number of carbonyl (C=O) groups is 1. The molecular formula is C12H22N2O. The van der Waals surface area contributed by atoms with Gasteiger partial charge in [-0.25, -0.2) is 0 Å². The first kappa shape index (κ1) is 12.4. The van der Waals surface area contributed by atoms with Crippen LogP contribution in [0.25, 0.3) is 0 Å². The first-order valence-corrected chi connectivity index (χ1v) is 5.58. The van der Waals surface area contributed by atoms with Gasteiger partial charge in [0, 0.05) is 6.54 Å². The van der Waals surface area contributed by atoms with Crippen LogP contribution in [0.2, 0.25) is 0 Å². The molecule has 1 atom stereocenters. The summed E-state index contributed by atoms with van der Waals surface area (Å²) < 4.78 is 0. The Labute approximate surface area is 92.7 Å². The number of nitrogens with zero attached hydrogens (tertiary/aromatic N) is 2. The van der Waals surface area contributed by atoms with Gasteiger partial charge in [0.15, 0.2) is 5.78 Å². The average molecular weight is 210 g/mol. The monoisotopic (exact) mass is 210 g/mol. The Balaban J connectivity index is 2.71. The van der Waals surface area contributed by atoms with E-state index in [0.29, 0.717) is 0 Å². The van der Waals surface area contributed by atoms with Crippen molar-refractivity contribution < 1.29 is 4.79 Å². The van der Waals surface area contributed by atoms with Crippen LogP contribution in [-0.4, -0.2) is 55.4 Å². The van der Waals surface area contributed by atoms with Crippen LogP contribution in [0.3, 0.4) is 0 Å². The average Bonchev–Trinajstić information content (AvgIpc) is 2.27. The predicted molar refractivity (Wildman–Crippen MR) is 63.0 cm³/mol. The molecule has 3 nitrogen and oxygen atoms in total. The van der Waals surface area contributed by atoms with E-state index in [1.165, 1.54) is 0 Å². The van der Waals surface area contributed by atoms with Gasteiger partial charge >= 0.3 is 0 Å². The van der Waals surface area contributed by atoms with Gasteiger partial charge in [-0.3, -0.25) is 9.69 Å². The van der Waals surface area contributed by atoms with Gasteiger partial charge in [-0.1, -0.05) is 5.57 Å². The second kappa shape index (κ2) is 5.42. The molecule has 1 unspecified atom stereocenters. The van der Waals surface area contributed by atoms with E-state index in [-0.39, 0.29) is 11.8 Å². The Morgan fingerprint density at radius 2 is 1.93 bits per heavy atom. The lowest BCUT2D eigenvalue weighted by atomic mass is 10.1. The molecule has 0 aromatic rings. The van der Waals surface area contributed by atoms with Gasteiger partial charge < -0.3 is 4.90 Å². The van der Waals surface area contributed by atoms with E-state index >= 15 is 0 Å². The van der Waals surface area contributed by atoms with Crippen molar-refractivity contribution in [2.75, 3.05) is 33.7 Å². The summed E-state index contributed by atoms with van der Waals surface area (Å²) in [7, 11) is 4.13. The fourth-order valence-electron chi connectivity index (χ4n) is 1.96. The summed E-state index contributed by atoms with van der Waals surface area (Å²) in [6.45, 7) is 6.88. The van der Waals surface area contributed by atoms with Crippen LogP contribution in [0.4, 0.5) is 0 Å². The highest BCUT2D eigenvalue weighted by Crippen LogP contribution is 2.09. The number of likely N-dealkylation sites (N-methyl/N-ethyl adjacent to an activating group) is 2. The highest BCUT2D eigenvalue weighted by atomic mass is 16.1. The van der Waals surface area contributed by atoms with Gasteiger partial charge in [0.05, 0.1) is 6.04 Å². The van der Waals surface area contributed by atoms with Crippen LogP contribution in [0.5, 0.6) is 0 Å². The highest BCUT2D eigenvalue weighted by molar-refractivity contribution is 5.95. The molecule has 3 heteroatoms. The van der Waals surface area contributed by atoms with E-state index < -0.39 is 0 Å². The van der Waals surface area contributed by atoms with Crippen molar-refractivity contribution in [2.24, 2.45) is 0 Å². The lowest BCUT2D eigenvalue weighted by molar-refractivity contribution is -0.119. The van der Waals surface area contributed by atoms with E-state index in [1.807, 2.05) is 20.9 Å². The smallest absolute Gasteiger partial charge is 0.174 e. The second-order valence-electron chi connectivity index (χ2n) is 4.74. The zero-order chi connectivity index (χ0) is 11.4. The third-order valence-corrected chi connectivity index (χ3v) is 2.83. The second-order valence-corrected chi connectivity index (χ2v) is 4.74. The summed E-state index contributed by atoms with van der Waals surface area (Å²) >= 11 is 0. The number of ketones is 1. The van der Waals surface area contributed by atoms with Crippen LogP contribution in [-0.2, 0) is 4.79 Å². The quantitative estimate of drug-likeness (QED) is 0.639. The minimum absolute atomic E-state index is 0.0346. The van der Waals surface area contributed by atoms with Gasteiger partial charge in [0.2, 0.25) is 0 Å². The first-order valence-electron chi connectivity index (χ1n) is 5.58. The van der Waals surface area contributed by atoms with Crippen molar-refractivity contribution in [1.29, 1.82) is 0 Å². The molecule has 1 fully saturated rings. The number of hydrogen-bond donors (Lipinski definition) is 0. The Morgan fingerprint density at radius 1 is 1.27 bits per heavy atom. The molecule has 0 aromatic carbocycles. The molecule has 0 aromatic heterocycles. The van der Waals surface area contributed by atoms with E-state index in [0.717, 1.165) is 31.6 Å². The van der Waals surface area contributed by atoms with E-state index in [2.05, 4.69) is 16.8 Å².